The Hall–Kier alpha value is -0.870. The zero-order valence-electron chi connectivity index (χ0n) is 12.7. The van der Waals surface area contributed by atoms with Gasteiger partial charge in [-0.1, -0.05) is 12.1 Å². The Morgan fingerprint density at radius 2 is 1.95 bits per heavy atom. The molecule has 1 amide bonds. The van der Waals surface area contributed by atoms with E-state index in [1.54, 1.807) is 0 Å². The van der Waals surface area contributed by atoms with Crippen LogP contribution in [0, 0.1) is 6.92 Å². The molecule has 1 saturated carbocycles. The molecular formula is C16H23BrN2O. The van der Waals surface area contributed by atoms with Crippen LogP contribution in [-0.2, 0) is 0 Å². The van der Waals surface area contributed by atoms with Crippen molar-refractivity contribution in [1.29, 1.82) is 0 Å². The summed E-state index contributed by atoms with van der Waals surface area (Å²) < 4.78 is 0.907. The smallest absolute Gasteiger partial charge is 0.254 e. The summed E-state index contributed by atoms with van der Waals surface area (Å²) in [7, 11) is 6.13. The van der Waals surface area contributed by atoms with Gasteiger partial charge >= 0.3 is 0 Å². The van der Waals surface area contributed by atoms with Gasteiger partial charge in [-0.05, 0) is 67.8 Å². The van der Waals surface area contributed by atoms with Crippen LogP contribution in [0.25, 0.3) is 0 Å². The fourth-order valence-corrected chi connectivity index (χ4v) is 3.30. The minimum atomic E-state index is 0.0914. The van der Waals surface area contributed by atoms with Crippen molar-refractivity contribution in [2.75, 3.05) is 27.7 Å². The number of likely N-dealkylation sites (N-methyl/N-ethyl adjacent to an activating group) is 2. The highest BCUT2D eigenvalue weighted by Crippen LogP contribution is 2.37. The van der Waals surface area contributed by atoms with Gasteiger partial charge in [-0.15, -0.1) is 0 Å². The Bertz CT molecular complexity index is 509. The third-order valence-corrected chi connectivity index (χ3v) is 5.59. The van der Waals surface area contributed by atoms with Crippen molar-refractivity contribution in [2.45, 2.75) is 31.7 Å². The molecule has 20 heavy (non-hydrogen) atoms. The van der Waals surface area contributed by atoms with E-state index in [2.05, 4.69) is 34.9 Å². The number of hydrogen-bond acceptors (Lipinski definition) is 2. The standard InChI is InChI=1S/C16H23BrN2O/c1-12-7-5-8-13(14(12)17)15(20)19(4)11-16(18(2)3)9-6-10-16/h5,7-8H,6,9-11H2,1-4H3. The maximum Gasteiger partial charge on any atom is 0.254 e. The lowest BCUT2D eigenvalue weighted by Gasteiger charge is -2.49. The van der Waals surface area contributed by atoms with Crippen LogP contribution in [0.2, 0.25) is 0 Å². The summed E-state index contributed by atoms with van der Waals surface area (Å²) in [5, 5.41) is 0. The first-order valence-electron chi connectivity index (χ1n) is 7.05. The van der Waals surface area contributed by atoms with Crippen LogP contribution in [0.4, 0.5) is 0 Å². The van der Waals surface area contributed by atoms with Gasteiger partial charge in [0, 0.05) is 23.6 Å². The predicted octanol–water partition coefficient (Wildman–Crippen LogP) is 3.31. The highest BCUT2D eigenvalue weighted by molar-refractivity contribution is 9.10. The van der Waals surface area contributed by atoms with Crippen LogP contribution in [0.15, 0.2) is 22.7 Å². The molecule has 0 bridgehead atoms. The Morgan fingerprint density at radius 1 is 1.30 bits per heavy atom. The lowest BCUT2D eigenvalue weighted by atomic mass is 9.75. The number of carbonyl (C=O) groups is 1. The van der Waals surface area contributed by atoms with Gasteiger partial charge in [0.05, 0.1) is 5.56 Å². The lowest BCUT2D eigenvalue weighted by molar-refractivity contribution is 0.0252. The summed E-state index contributed by atoms with van der Waals surface area (Å²) in [6.07, 6.45) is 3.60. The zero-order chi connectivity index (χ0) is 14.9. The van der Waals surface area contributed by atoms with Gasteiger partial charge in [-0.3, -0.25) is 4.79 Å². The van der Waals surface area contributed by atoms with E-state index in [0.717, 1.165) is 22.1 Å². The van der Waals surface area contributed by atoms with Crippen molar-refractivity contribution in [3.8, 4) is 0 Å². The first-order valence-corrected chi connectivity index (χ1v) is 7.85. The largest absolute Gasteiger partial charge is 0.340 e. The summed E-state index contributed by atoms with van der Waals surface area (Å²) >= 11 is 3.53. The third kappa shape index (κ3) is 2.77. The topological polar surface area (TPSA) is 23.6 Å². The Kier molecular flexibility index (Phi) is 4.55. The first-order chi connectivity index (χ1) is 9.37. The number of nitrogens with zero attached hydrogens (tertiary/aromatic N) is 2. The summed E-state index contributed by atoms with van der Waals surface area (Å²) in [6, 6.07) is 5.83. The molecule has 0 atom stereocenters. The molecule has 0 spiro atoms. The van der Waals surface area contributed by atoms with Crippen molar-refractivity contribution in [3.63, 3.8) is 0 Å². The van der Waals surface area contributed by atoms with Crippen molar-refractivity contribution >= 4 is 21.8 Å². The van der Waals surface area contributed by atoms with Crippen molar-refractivity contribution in [1.82, 2.24) is 9.80 Å². The number of aryl methyl sites for hydroxylation is 1. The fourth-order valence-electron chi connectivity index (χ4n) is 2.86. The van der Waals surface area contributed by atoms with Crippen LogP contribution in [0.5, 0.6) is 0 Å². The second kappa shape index (κ2) is 5.86. The molecule has 4 heteroatoms. The summed E-state index contributed by atoms with van der Waals surface area (Å²) in [4.78, 5) is 16.8. The van der Waals surface area contributed by atoms with Gasteiger partial charge < -0.3 is 9.80 Å². The van der Waals surface area contributed by atoms with E-state index in [4.69, 9.17) is 0 Å². The van der Waals surface area contributed by atoms with Crippen LogP contribution in [0.3, 0.4) is 0 Å². The number of halogens is 1. The van der Waals surface area contributed by atoms with Crippen LogP contribution >= 0.6 is 15.9 Å². The number of amides is 1. The summed E-state index contributed by atoms with van der Waals surface area (Å²) in [6.45, 7) is 2.80. The molecule has 1 aromatic carbocycles. The highest BCUT2D eigenvalue weighted by atomic mass is 79.9. The molecular weight excluding hydrogens is 316 g/mol. The molecule has 0 radical (unpaired) electrons. The molecule has 1 aliphatic carbocycles. The van der Waals surface area contributed by atoms with Crippen LogP contribution in [0.1, 0.15) is 35.2 Å². The molecule has 0 aliphatic heterocycles. The molecule has 3 nitrogen and oxygen atoms in total. The number of rotatable bonds is 4. The Labute approximate surface area is 130 Å². The van der Waals surface area contributed by atoms with Gasteiger partial charge in [0.25, 0.3) is 5.91 Å². The average molecular weight is 339 g/mol. The second-order valence-corrected chi connectivity index (χ2v) is 6.86. The van der Waals surface area contributed by atoms with E-state index in [0.29, 0.717) is 0 Å². The predicted molar refractivity (Wildman–Crippen MR) is 86.1 cm³/mol. The number of hydrogen-bond donors (Lipinski definition) is 0. The van der Waals surface area contributed by atoms with Gasteiger partial charge in [0.2, 0.25) is 0 Å². The monoisotopic (exact) mass is 338 g/mol. The molecule has 1 fully saturated rings. The van der Waals surface area contributed by atoms with Crippen LogP contribution in [-0.4, -0.2) is 48.9 Å². The normalized spacial score (nSPS) is 16.9. The van der Waals surface area contributed by atoms with Gasteiger partial charge in [0.1, 0.15) is 0 Å². The van der Waals surface area contributed by atoms with E-state index < -0.39 is 0 Å². The average Bonchev–Trinajstić information content (AvgIpc) is 2.35. The highest BCUT2D eigenvalue weighted by Gasteiger charge is 2.40. The van der Waals surface area contributed by atoms with E-state index in [9.17, 15) is 4.79 Å². The molecule has 0 heterocycles. The maximum absolute atomic E-state index is 12.6. The van der Waals surface area contributed by atoms with Gasteiger partial charge in [-0.25, -0.2) is 0 Å². The number of carbonyl (C=O) groups excluding carboxylic acids is 1. The summed E-state index contributed by atoms with van der Waals surface area (Å²) in [5.74, 6) is 0.0914. The Morgan fingerprint density at radius 3 is 2.45 bits per heavy atom. The minimum Gasteiger partial charge on any atom is -0.340 e. The van der Waals surface area contributed by atoms with Gasteiger partial charge in [-0.2, -0.15) is 0 Å². The maximum atomic E-state index is 12.6. The zero-order valence-corrected chi connectivity index (χ0v) is 14.3. The fraction of sp³-hybridized carbons (Fsp3) is 0.562. The molecule has 1 aromatic rings. The number of benzene rings is 1. The SMILES string of the molecule is Cc1cccc(C(=O)N(C)CC2(N(C)C)CCC2)c1Br. The first kappa shape index (κ1) is 15.5. The third-order valence-electron chi connectivity index (χ3n) is 4.53. The molecule has 1 aliphatic rings. The molecule has 0 N–H and O–H groups in total. The van der Waals surface area contributed by atoms with E-state index in [-0.39, 0.29) is 11.4 Å². The summed E-state index contributed by atoms with van der Waals surface area (Å²) in [5.41, 5.74) is 2.01. The van der Waals surface area contributed by atoms with Crippen LogP contribution < -0.4 is 0 Å². The molecule has 2 rings (SSSR count). The molecule has 110 valence electrons. The van der Waals surface area contributed by atoms with Gasteiger partial charge in [0.15, 0.2) is 0 Å². The molecule has 0 saturated heterocycles. The van der Waals surface area contributed by atoms with Crippen molar-refractivity contribution in [2.24, 2.45) is 0 Å². The molecule has 0 unspecified atom stereocenters. The van der Waals surface area contributed by atoms with E-state index in [1.807, 2.05) is 37.1 Å². The molecule has 0 aromatic heterocycles. The second-order valence-electron chi connectivity index (χ2n) is 6.07. The van der Waals surface area contributed by atoms with Crippen molar-refractivity contribution < 1.29 is 4.79 Å². The van der Waals surface area contributed by atoms with E-state index >= 15 is 0 Å². The minimum absolute atomic E-state index is 0.0914. The quantitative estimate of drug-likeness (QED) is 0.840. The Balaban J connectivity index is 2.15. The van der Waals surface area contributed by atoms with E-state index in [1.165, 1.54) is 19.3 Å². The van der Waals surface area contributed by atoms with Crippen molar-refractivity contribution in [3.05, 3.63) is 33.8 Å². The lowest BCUT2D eigenvalue weighted by Crippen LogP contribution is -2.57.